The van der Waals surface area contributed by atoms with E-state index in [1.54, 1.807) is 43.5 Å². The lowest BCUT2D eigenvalue weighted by molar-refractivity contribution is 0.0690. The molecule has 1 aliphatic heterocycles. The highest BCUT2D eigenvalue weighted by Gasteiger charge is 2.38. The van der Waals surface area contributed by atoms with Crippen molar-refractivity contribution < 1.29 is 17.9 Å². The molecule has 1 saturated carbocycles. The van der Waals surface area contributed by atoms with Crippen LogP contribution in [0, 0.1) is 5.92 Å². The number of hydrogen-bond donors (Lipinski definition) is 1. The third-order valence-electron chi connectivity index (χ3n) is 6.00. The van der Waals surface area contributed by atoms with E-state index in [9.17, 15) is 13.2 Å². The summed E-state index contributed by atoms with van der Waals surface area (Å²) < 4.78 is 33.3. The molecule has 4 rings (SSSR count). The molecule has 2 atom stereocenters. The molecule has 2 aliphatic rings. The van der Waals surface area contributed by atoms with Crippen molar-refractivity contribution in [2.24, 2.45) is 5.92 Å². The van der Waals surface area contributed by atoms with Crippen LogP contribution in [0.25, 0.3) is 0 Å². The number of sulfonamides is 1. The number of amides is 1. The lowest BCUT2D eigenvalue weighted by Crippen LogP contribution is -2.39. The number of ether oxygens (including phenoxy) is 1. The van der Waals surface area contributed by atoms with Crippen LogP contribution in [0.4, 0.5) is 5.69 Å². The van der Waals surface area contributed by atoms with Crippen molar-refractivity contribution in [2.45, 2.75) is 43.0 Å². The van der Waals surface area contributed by atoms with Crippen molar-refractivity contribution in [2.75, 3.05) is 18.4 Å². The lowest BCUT2D eigenvalue weighted by atomic mass is 9.85. The molecule has 1 amide bonds. The van der Waals surface area contributed by atoms with Crippen LogP contribution in [-0.4, -0.2) is 38.9 Å². The molecule has 0 radical (unpaired) electrons. The summed E-state index contributed by atoms with van der Waals surface area (Å²) in [5, 5.41) is 0. The number of carbonyl (C=O) groups is 1. The minimum Gasteiger partial charge on any atom is -0.497 e. The van der Waals surface area contributed by atoms with Crippen LogP contribution >= 0.6 is 0 Å². The monoisotopic (exact) mass is 414 g/mol. The number of hydrogen-bond acceptors (Lipinski definition) is 4. The van der Waals surface area contributed by atoms with E-state index in [1.165, 1.54) is 25.0 Å². The molecule has 1 N–H and O–H groups in total. The minimum atomic E-state index is -3.80. The quantitative estimate of drug-likeness (QED) is 0.805. The van der Waals surface area contributed by atoms with Gasteiger partial charge in [-0.2, -0.15) is 0 Å². The molecule has 6 nitrogen and oxygen atoms in total. The van der Waals surface area contributed by atoms with Crippen molar-refractivity contribution in [3.63, 3.8) is 0 Å². The third-order valence-corrected chi connectivity index (χ3v) is 7.38. The first-order chi connectivity index (χ1) is 14.0. The van der Waals surface area contributed by atoms with Gasteiger partial charge in [-0.3, -0.25) is 9.52 Å². The summed E-state index contributed by atoms with van der Waals surface area (Å²) in [6.07, 6.45) is 5.69. The molecule has 1 heterocycles. The van der Waals surface area contributed by atoms with Crippen molar-refractivity contribution in [3.05, 3.63) is 54.1 Å². The van der Waals surface area contributed by atoms with Gasteiger partial charge in [-0.1, -0.05) is 18.9 Å². The van der Waals surface area contributed by atoms with Crippen LogP contribution in [0.3, 0.4) is 0 Å². The van der Waals surface area contributed by atoms with Gasteiger partial charge in [0.15, 0.2) is 0 Å². The summed E-state index contributed by atoms with van der Waals surface area (Å²) in [5.41, 5.74) is 0.862. The Labute approximate surface area is 171 Å². The summed E-state index contributed by atoms with van der Waals surface area (Å²) in [6.45, 7) is 0.759. The first-order valence-corrected chi connectivity index (χ1v) is 11.5. The van der Waals surface area contributed by atoms with Gasteiger partial charge in [-0.05, 0) is 67.6 Å². The summed E-state index contributed by atoms with van der Waals surface area (Å²) in [4.78, 5) is 15.1. The number of likely N-dealkylation sites (tertiary alicyclic amines) is 1. The normalized spacial score (nSPS) is 21.5. The van der Waals surface area contributed by atoms with Crippen LogP contribution < -0.4 is 9.46 Å². The highest BCUT2D eigenvalue weighted by molar-refractivity contribution is 7.92. The standard InChI is InChI=1S/C22H26N2O4S/c1-28-19-11-9-18(10-12-19)23-29(26,27)20-7-4-6-17(15-20)22(25)24-14-13-16-5-2-3-8-21(16)24/h4,6-7,9-12,15-16,21,23H,2-3,5,8,13-14H2,1H3. The zero-order valence-corrected chi connectivity index (χ0v) is 17.3. The second-order valence-electron chi connectivity index (χ2n) is 7.76. The first kappa shape index (κ1) is 19.8. The predicted octanol–water partition coefficient (Wildman–Crippen LogP) is 3.90. The molecule has 0 aromatic heterocycles. The van der Waals surface area contributed by atoms with Gasteiger partial charge in [0.25, 0.3) is 15.9 Å². The summed E-state index contributed by atoms with van der Waals surface area (Å²) in [5.74, 6) is 1.17. The van der Waals surface area contributed by atoms with Gasteiger partial charge in [0.1, 0.15) is 5.75 Å². The Balaban J connectivity index is 1.53. The second kappa shape index (κ2) is 8.06. The molecule has 2 fully saturated rings. The average molecular weight is 415 g/mol. The zero-order valence-electron chi connectivity index (χ0n) is 16.5. The van der Waals surface area contributed by atoms with E-state index in [0.717, 1.165) is 25.8 Å². The number of rotatable bonds is 5. The highest BCUT2D eigenvalue weighted by atomic mass is 32.2. The number of carbonyl (C=O) groups excluding carboxylic acids is 1. The summed E-state index contributed by atoms with van der Waals surface area (Å²) in [7, 11) is -2.24. The smallest absolute Gasteiger partial charge is 0.261 e. The van der Waals surface area contributed by atoms with Gasteiger partial charge in [-0.15, -0.1) is 0 Å². The number of anilines is 1. The van der Waals surface area contributed by atoms with E-state index in [0.29, 0.717) is 29.0 Å². The topological polar surface area (TPSA) is 75.7 Å². The minimum absolute atomic E-state index is 0.0686. The maximum absolute atomic E-state index is 13.1. The first-order valence-electron chi connectivity index (χ1n) is 10.1. The van der Waals surface area contributed by atoms with Crippen LogP contribution in [-0.2, 0) is 10.0 Å². The molecule has 1 aliphatic carbocycles. The Morgan fingerprint density at radius 2 is 1.83 bits per heavy atom. The Morgan fingerprint density at radius 1 is 1.07 bits per heavy atom. The average Bonchev–Trinajstić information content (AvgIpc) is 3.18. The molecule has 154 valence electrons. The van der Waals surface area contributed by atoms with Crippen LogP contribution in [0.1, 0.15) is 42.5 Å². The SMILES string of the molecule is COc1ccc(NS(=O)(=O)c2cccc(C(=O)N3CCC4CCCCC43)c2)cc1. The Kier molecular flexibility index (Phi) is 5.50. The molecule has 0 spiro atoms. The van der Waals surface area contributed by atoms with Gasteiger partial charge in [0, 0.05) is 23.8 Å². The lowest BCUT2D eigenvalue weighted by Gasteiger charge is -2.31. The molecule has 2 unspecified atom stereocenters. The van der Waals surface area contributed by atoms with Gasteiger partial charge in [0.2, 0.25) is 0 Å². The fourth-order valence-corrected chi connectivity index (χ4v) is 5.60. The van der Waals surface area contributed by atoms with Crippen LogP contribution in [0.2, 0.25) is 0 Å². The number of methoxy groups -OCH3 is 1. The molecular weight excluding hydrogens is 388 g/mol. The molecule has 0 bridgehead atoms. The Morgan fingerprint density at radius 3 is 2.59 bits per heavy atom. The zero-order chi connectivity index (χ0) is 20.4. The van der Waals surface area contributed by atoms with E-state index in [-0.39, 0.29) is 10.8 Å². The Hall–Kier alpha value is -2.54. The summed E-state index contributed by atoms with van der Waals surface area (Å²) in [6, 6.07) is 13.3. The molecule has 1 saturated heterocycles. The number of nitrogens with one attached hydrogen (secondary N) is 1. The maximum atomic E-state index is 13.1. The van der Waals surface area contributed by atoms with Crippen molar-refractivity contribution >= 4 is 21.6 Å². The van der Waals surface area contributed by atoms with E-state index < -0.39 is 10.0 Å². The van der Waals surface area contributed by atoms with Gasteiger partial charge in [-0.25, -0.2) is 8.42 Å². The van der Waals surface area contributed by atoms with E-state index >= 15 is 0 Å². The molecule has 2 aromatic rings. The third kappa shape index (κ3) is 4.10. The van der Waals surface area contributed by atoms with E-state index in [1.807, 2.05) is 4.90 Å². The van der Waals surface area contributed by atoms with Crippen LogP contribution in [0.5, 0.6) is 5.75 Å². The maximum Gasteiger partial charge on any atom is 0.261 e. The van der Waals surface area contributed by atoms with Crippen molar-refractivity contribution in [3.8, 4) is 5.75 Å². The fraction of sp³-hybridized carbons (Fsp3) is 0.409. The number of fused-ring (bicyclic) bond motifs is 1. The molecule has 29 heavy (non-hydrogen) atoms. The second-order valence-corrected chi connectivity index (χ2v) is 9.44. The van der Waals surface area contributed by atoms with Crippen molar-refractivity contribution in [1.29, 1.82) is 0 Å². The van der Waals surface area contributed by atoms with E-state index in [4.69, 9.17) is 4.74 Å². The molecule has 7 heteroatoms. The highest BCUT2D eigenvalue weighted by Crippen LogP contribution is 2.37. The van der Waals surface area contributed by atoms with Gasteiger partial charge >= 0.3 is 0 Å². The molecule has 2 aromatic carbocycles. The van der Waals surface area contributed by atoms with Gasteiger partial charge < -0.3 is 9.64 Å². The summed E-state index contributed by atoms with van der Waals surface area (Å²) >= 11 is 0. The Bertz CT molecular complexity index is 988. The van der Waals surface area contributed by atoms with Crippen molar-refractivity contribution in [1.82, 2.24) is 4.90 Å². The van der Waals surface area contributed by atoms with E-state index in [2.05, 4.69) is 4.72 Å². The number of nitrogens with zero attached hydrogens (tertiary/aromatic N) is 1. The van der Waals surface area contributed by atoms with Gasteiger partial charge in [0.05, 0.1) is 12.0 Å². The molecular formula is C22H26N2O4S. The van der Waals surface area contributed by atoms with Crippen LogP contribution in [0.15, 0.2) is 53.4 Å². The predicted molar refractivity (Wildman–Crippen MR) is 112 cm³/mol. The number of benzene rings is 2. The largest absolute Gasteiger partial charge is 0.497 e. The fourth-order valence-electron chi connectivity index (χ4n) is 4.49.